The van der Waals surface area contributed by atoms with Gasteiger partial charge in [0.05, 0.1) is 33.3 Å². The van der Waals surface area contributed by atoms with Crippen molar-refractivity contribution in [1.82, 2.24) is 5.32 Å². The second kappa shape index (κ2) is 11.8. The number of para-hydroxylation sites is 1. The van der Waals surface area contributed by atoms with Gasteiger partial charge in [-0.25, -0.2) is 4.39 Å². The van der Waals surface area contributed by atoms with Crippen molar-refractivity contribution in [3.05, 3.63) is 71.9 Å². The third-order valence-electron chi connectivity index (χ3n) is 6.52. The van der Waals surface area contributed by atoms with Gasteiger partial charge in [0, 0.05) is 6.04 Å². The average Bonchev–Trinajstić information content (AvgIpc) is 3.47. The molecule has 1 atom stereocenters. The summed E-state index contributed by atoms with van der Waals surface area (Å²) in [6.07, 6.45) is 6.13. The van der Waals surface area contributed by atoms with Crippen molar-refractivity contribution in [1.29, 1.82) is 0 Å². The van der Waals surface area contributed by atoms with E-state index in [-0.39, 0.29) is 17.5 Å². The smallest absolute Gasteiger partial charge is 0.295 e. The standard InChI is InChI=1S/C28H31FN2O6/c1-34-23-16-18(17-24(35-2)26(23)36-3)25(27(32)30-19-10-5-4-6-11-19)31(21-13-8-7-12-20(21)29)28(33)22-14-9-15-37-22/h7-9,12-17,19,25H,4-6,10-11H2,1-3H3,(H,30,32)/t25-/m0/s1. The fraction of sp³-hybridized carbons (Fsp3) is 0.357. The van der Waals surface area contributed by atoms with Crippen LogP contribution in [0.25, 0.3) is 0 Å². The van der Waals surface area contributed by atoms with Gasteiger partial charge in [0.15, 0.2) is 17.3 Å². The Morgan fingerprint density at radius 3 is 2.22 bits per heavy atom. The maximum atomic E-state index is 15.2. The zero-order valence-electron chi connectivity index (χ0n) is 21.2. The first-order chi connectivity index (χ1) is 18.0. The van der Waals surface area contributed by atoms with E-state index in [2.05, 4.69) is 5.32 Å². The summed E-state index contributed by atoms with van der Waals surface area (Å²) in [5.74, 6) is -0.902. The van der Waals surface area contributed by atoms with Gasteiger partial charge in [0.25, 0.3) is 5.91 Å². The molecule has 0 bridgehead atoms. The number of halogens is 1. The van der Waals surface area contributed by atoms with Crippen LogP contribution in [0.5, 0.6) is 17.2 Å². The molecule has 1 N–H and O–H groups in total. The van der Waals surface area contributed by atoms with Crippen molar-refractivity contribution in [2.24, 2.45) is 0 Å². The largest absolute Gasteiger partial charge is 0.493 e. The summed E-state index contributed by atoms with van der Waals surface area (Å²) >= 11 is 0. The van der Waals surface area contributed by atoms with Gasteiger partial charge in [0.2, 0.25) is 11.7 Å². The van der Waals surface area contributed by atoms with Crippen molar-refractivity contribution in [3.63, 3.8) is 0 Å². The van der Waals surface area contributed by atoms with Gasteiger partial charge in [-0.15, -0.1) is 0 Å². The van der Waals surface area contributed by atoms with E-state index in [4.69, 9.17) is 18.6 Å². The highest BCUT2D eigenvalue weighted by atomic mass is 19.1. The monoisotopic (exact) mass is 510 g/mol. The van der Waals surface area contributed by atoms with Gasteiger partial charge in [-0.1, -0.05) is 31.4 Å². The number of amides is 2. The SMILES string of the molecule is COc1cc([C@@H](C(=O)NC2CCCCC2)N(C(=O)c2ccco2)c2ccccc2F)cc(OC)c1OC. The summed E-state index contributed by atoms with van der Waals surface area (Å²) in [6, 6.07) is 10.7. The Kier molecular flexibility index (Phi) is 8.32. The Morgan fingerprint density at radius 2 is 1.65 bits per heavy atom. The normalized spacial score (nSPS) is 14.5. The molecule has 2 amide bonds. The highest BCUT2D eigenvalue weighted by Gasteiger charge is 2.38. The number of carbonyl (C=O) groups is 2. The summed E-state index contributed by atoms with van der Waals surface area (Å²) in [7, 11) is 4.39. The molecular weight excluding hydrogens is 479 g/mol. The fourth-order valence-corrected chi connectivity index (χ4v) is 4.74. The first kappa shape index (κ1) is 26.1. The summed E-state index contributed by atoms with van der Waals surface area (Å²) in [5.41, 5.74) is 0.285. The highest BCUT2D eigenvalue weighted by Crippen LogP contribution is 2.42. The third kappa shape index (κ3) is 5.55. The molecule has 0 unspecified atom stereocenters. The summed E-state index contributed by atoms with van der Waals surface area (Å²) in [5, 5.41) is 3.09. The van der Waals surface area contributed by atoms with E-state index in [0.717, 1.165) is 37.0 Å². The molecule has 1 fully saturated rings. The molecule has 1 aliphatic rings. The molecule has 1 aliphatic carbocycles. The van der Waals surface area contributed by atoms with Crippen molar-refractivity contribution in [2.75, 3.05) is 26.2 Å². The fourth-order valence-electron chi connectivity index (χ4n) is 4.74. The van der Waals surface area contributed by atoms with E-state index >= 15 is 4.39 Å². The summed E-state index contributed by atoms with van der Waals surface area (Å²) in [6.45, 7) is 0. The maximum Gasteiger partial charge on any atom is 0.295 e. The second-order valence-electron chi connectivity index (χ2n) is 8.81. The maximum absolute atomic E-state index is 15.2. The van der Waals surface area contributed by atoms with Crippen LogP contribution in [0.1, 0.15) is 54.3 Å². The lowest BCUT2D eigenvalue weighted by Gasteiger charge is -2.33. The molecule has 0 aliphatic heterocycles. The first-order valence-electron chi connectivity index (χ1n) is 12.2. The highest BCUT2D eigenvalue weighted by molar-refractivity contribution is 6.08. The van der Waals surface area contributed by atoms with Gasteiger partial charge in [-0.3, -0.25) is 14.5 Å². The number of nitrogens with zero attached hydrogens (tertiary/aromatic N) is 1. The van der Waals surface area contributed by atoms with Crippen LogP contribution in [0, 0.1) is 5.82 Å². The molecular formula is C28H31FN2O6. The molecule has 0 spiro atoms. The lowest BCUT2D eigenvalue weighted by Crippen LogP contribution is -2.47. The molecule has 1 heterocycles. The number of rotatable bonds is 9. The molecule has 1 aromatic heterocycles. The van der Waals surface area contributed by atoms with Gasteiger partial charge < -0.3 is 23.9 Å². The Hall–Kier alpha value is -4.01. The predicted octanol–water partition coefficient (Wildman–Crippen LogP) is 5.28. The van der Waals surface area contributed by atoms with Gasteiger partial charge >= 0.3 is 0 Å². The lowest BCUT2D eigenvalue weighted by atomic mass is 9.94. The number of hydrogen-bond acceptors (Lipinski definition) is 6. The molecule has 37 heavy (non-hydrogen) atoms. The lowest BCUT2D eigenvalue weighted by molar-refractivity contribution is -0.123. The number of methoxy groups -OCH3 is 3. The van der Waals surface area contributed by atoms with E-state index in [1.54, 1.807) is 24.3 Å². The van der Waals surface area contributed by atoms with Crippen molar-refractivity contribution in [2.45, 2.75) is 44.2 Å². The van der Waals surface area contributed by atoms with Crippen LogP contribution in [-0.4, -0.2) is 39.2 Å². The molecule has 3 aromatic rings. The van der Waals surface area contributed by atoms with Crippen LogP contribution < -0.4 is 24.4 Å². The Morgan fingerprint density at radius 1 is 0.973 bits per heavy atom. The van der Waals surface area contributed by atoms with Crippen LogP contribution in [-0.2, 0) is 4.79 Å². The number of furan rings is 1. The first-order valence-corrected chi connectivity index (χ1v) is 12.2. The number of benzene rings is 2. The summed E-state index contributed by atoms with van der Waals surface area (Å²) in [4.78, 5) is 28.9. The van der Waals surface area contributed by atoms with Gasteiger partial charge in [-0.05, 0) is 54.8 Å². The van der Waals surface area contributed by atoms with Crippen molar-refractivity contribution >= 4 is 17.5 Å². The minimum atomic E-state index is -1.27. The van der Waals surface area contributed by atoms with Gasteiger partial charge in [-0.2, -0.15) is 0 Å². The Bertz CT molecular complexity index is 1200. The van der Waals surface area contributed by atoms with Crippen molar-refractivity contribution in [3.8, 4) is 17.2 Å². The van der Waals surface area contributed by atoms with E-state index < -0.39 is 23.7 Å². The quantitative estimate of drug-likeness (QED) is 0.421. The van der Waals surface area contributed by atoms with Gasteiger partial charge in [0.1, 0.15) is 11.9 Å². The molecule has 9 heteroatoms. The zero-order valence-corrected chi connectivity index (χ0v) is 21.2. The number of carbonyl (C=O) groups excluding carboxylic acids is 2. The van der Waals surface area contributed by atoms with Crippen LogP contribution in [0.2, 0.25) is 0 Å². The average molecular weight is 511 g/mol. The molecule has 1 saturated carbocycles. The summed E-state index contributed by atoms with van der Waals surface area (Å²) < 4.78 is 37.0. The number of nitrogens with one attached hydrogen (secondary N) is 1. The number of ether oxygens (including phenoxy) is 3. The minimum absolute atomic E-state index is 0.0360. The minimum Gasteiger partial charge on any atom is -0.493 e. The molecule has 2 aromatic carbocycles. The second-order valence-corrected chi connectivity index (χ2v) is 8.81. The number of anilines is 1. The van der Waals surface area contributed by atoms with Crippen molar-refractivity contribution < 1.29 is 32.6 Å². The van der Waals surface area contributed by atoms with E-state index in [1.807, 2.05) is 0 Å². The topological polar surface area (TPSA) is 90.2 Å². The number of hydrogen-bond donors (Lipinski definition) is 1. The van der Waals surface area contributed by atoms with E-state index in [1.165, 1.54) is 51.9 Å². The molecule has 196 valence electrons. The van der Waals surface area contributed by atoms with E-state index in [0.29, 0.717) is 22.8 Å². The Labute approximate surface area is 215 Å². The van der Waals surface area contributed by atoms with E-state index in [9.17, 15) is 9.59 Å². The zero-order chi connectivity index (χ0) is 26.4. The molecule has 0 saturated heterocycles. The van der Waals surface area contributed by atoms with Crippen LogP contribution >= 0.6 is 0 Å². The van der Waals surface area contributed by atoms with Crippen LogP contribution in [0.15, 0.2) is 59.2 Å². The predicted molar refractivity (Wildman–Crippen MR) is 136 cm³/mol. The molecule has 8 nitrogen and oxygen atoms in total. The third-order valence-corrected chi connectivity index (χ3v) is 6.52. The van der Waals surface area contributed by atoms with Crippen LogP contribution in [0.3, 0.4) is 0 Å². The molecule has 0 radical (unpaired) electrons. The molecule has 4 rings (SSSR count). The Balaban J connectivity index is 1.90. The van der Waals surface area contributed by atoms with Crippen LogP contribution in [0.4, 0.5) is 10.1 Å².